The number of nitrogens with two attached hydrogens (primary N) is 4. The summed E-state index contributed by atoms with van der Waals surface area (Å²) in [6.45, 7) is 7.45. The summed E-state index contributed by atoms with van der Waals surface area (Å²) in [5.74, 6) is 0.0549. The Bertz CT molecular complexity index is 5910. The van der Waals surface area contributed by atoms with E-state index in [4.69, 9.17) is 32.2 Å². The maximum Gasteiger partial charge on any atom is 0.494 e. The third-order valence-electron chi connectivity index (χ3n) is 17.6. The molecule has 0 bridgehead atoms. The first-order valence-corrected chi connectivity index (χ1v) is 36.7. The van der Waals surface area contributed by atoms with E-state index in [1.165, 1.54) is 36.9 Å². The fourth-order valence-corrected chi connectivity index (χ4v) is 12.8. The number of nitrogen functional groups attached to an aromatic ring is 4. The Kier molecular flexibility index (Phi) is 26.1. The van der Waals surface area contributed by atoms with E-state index in [0.717, 1.165) is 35.9 Å². The molecule has 7 aromatic heterocycles. The predicted molar refractivity (Wildman–Crippen MR) is 429 cm³/mol. The van der Waals surface area contributed by atoms with Gasteiger partial charge in [-0.3, -0.25) is 19.9 Å². The molecule has 1 aliphatic heterocycles. The number of alkyl halides is 15. The number of halogens is 18. The zero-order valence-corrected chi connectivity index (χ0v) is 66.0. The molecule has 0 amide bonds. The van der Waals surface area contributed by atoms with Gasteiger partial charge >= 0.3 is 38.0 Å². The number of aromatic nitrogens is 13. The Hall–Kier alpha value is -12.0. The van der Waals surface area contributed by atoms with Crippen molar-refractivity contribution >= 4 is 128 Å². The molecule has 16 rings (SSSR count). The van der Waals surface area contributed by atoms with Crippen molar-refractivity contribution in [1.82, 2.24) is 65.5 Å². The van der Waals surface area contributed by atoms with Crippen LogP contribution in [-0.4, -0.2) is 83.8 Å². The molecule has 0 unspecified atom stereocenters. The van der Waals surface area contributed by atoms with Gasteiger partial charge < -0.3 is 32.2 Å². The van der Waals surface area contributed by atoms with E-state index in [1.54, 1.807) is 121 Å². The molecule has 1 fully saturated rings. The van der Waals surface area contributed by atoms with Crippen LogP contribution in [0.3, 0.4) is 0 Å². The minimum Gasteiger partial charge on any atom is -0.399 e. The van der Waals surface area contributed by atoms with Gasteiger partial charge in [0.2, 0.25) is 17.8 Å². The smallest absolute Gasteiger partial charge is 0.399 e. The number of hydrogen-bond acceptors (Lipinski definition) is 19. The van der Waals surface area contributed by atoms with Gasteiger partial charge in [0.15, 0.2) is 4.60 Å². The maximum atomic E-state index is 13.6. The molecular formula is C80H58BBr3F15N17O2. The highest BCUT2D eigenvalue weighted by atomic mass is 79.9. The number of fused-ring (bicyclic) bond motifs is 4. The standard InChI is InChI=1S/2C19H12F3N5.C16H17BF3NO2.C10H5BrF3N.C9H7BrN4.C7H5BrF3N/c2*20-19(21,22)14-10-13(9-12-7-4-8-24-15(12)14)17-16(25-18(23)27-26-17)11-5-2-1-3-6-11;1-14(2)15(3,4)23-17(22-14)11-8-10-6-5-7-21-13(10)12(9-11)16(18,19)20;11-7-4-6-2-1-3-15-9(6)8(5-7)10(12,13)14;10-8-7(12-9(11)14-13-8)6-4-2-1-3-5-6;8-4-1-2-6(12)5(3-4)7(9,10)11/h2*1-10H,(H2,23,25,27);5-9H,1-4H3;1-5H;1-5H,(H2,11,12,14);1-3H,12H2. The van der Waals surface area contributed by atoms with Gasteiger partial charge in [-0.1, -0.05) is 153 Å². The second-order valence-electron chi connectivity index (χ2n) is 26.3. The molecule has 15 aromatic rings. The van der Waals surface area contributed by atoms with Crippen molar-refractivity contribution < 1.29 is 75.2 Å². The zero-order chi connectivity index (χ0) is 85.5. The number of rotatable bonds is 6. The minimum atomic E-state index is -4.57. The van der Waals surface area contributed by atoms with E-state index in [1.807, 2.05) is 70.2 Å². The lowest BCUT2D eigenvalue weighted by Crippen LogP contribution is -2.41. The molecule has 0 radical (unpaired) electrons. The van der Waals surface area contributed by atoms with Crippen LogP contribution in [0.2, 0.25) is 0 Å². The Labute approximate surface area is 685 Å². The lowest BCUT2D eigenvalue weighted by atomic mass is 9.77. The van der Waals surface area contributed by atoms with Crippen LogP contribution < -0.4 is 28.4 Å². The Morgan fingerprint density at radius 1 is 0.305 bits per heavy atom. The summed E-state index contributed by atoms with van der Waals surface area (Å²) in [5.41, 5.74) is 21.1. The summed E-state index contributed by atoms with van der Waals surface area (Å²) in [6.07, 6.45) is -17.0. The molecule has 1 aliphatic rings. The molecule has 38 heteroatoms. The number of pyridine rings is 4. The topological polar surface area (TPSA) is 290 Å². The van der Waals surface area contributed by atoms with Gasteiger partial charge in [-0.25, -0.2) is 15.0 Å². The number of nitrogens with zero attached hydrogens (tertiary/aromatic N) is 13. The molecule has 19 nitrogen and oxygen atoms in total. The van der Waals surface area contributed by atoms with Crippen LogP contribution in [0, 0.1) is 0 Å². The molecular weight excluding hydrogens is 1770 g/mol. The quantitative estimate of drug-likeness (QED) is 0.0683. The van der Waals surface area contributed by atoms with E-state index in [9.17, 15) is 65.9 Å². The van der Waals surface area contributed by atoms with Gasteiger partial charge in [-0.15, -0.1) is 30.6 Å². The van der Waals surface area contributed by atoms with E-state index < -0.39 is 77.0 Å². The molecule has 1 saturated heterocycles. The molecule has 0 atom stereocenters. The highest BCUT2D eigenvalue weighted by molar-refractivity contribution is 9.11. The van der Waals surface area contributed by atoms with Gasteiger partial charge in [0, 0.05) is 88.8 Å². The van der Waals surface area contributed by atoms with E-state index in [2.05, 4.69) is 113 Å². The van der Waals surface area contributed by atoms with Gasteiger partial charge in [-0.05, 0) is 134 Å². The van der Waals surface area contributed by atoms with Gasteiger partial charge in [0.05, 0.1) is 61.1 Å². The van der Waals surface area contributed by atoms with Crippen LogP contribution in [0.15, 0.2) is 245 Å². The molecule has 8 heterocycles. The average molecular weight is 1820 g/mol. The first kappa shape index (κ1) is 86.9. The number of anilines is 4. The average Bonchev–Trinajstić information content (AvgIpc) is 1.37. The van der Waals surface area contributed by atoms with Crippen LogP contribution in [0.25, 0.3) is 99.9 Å². The lowest BCUT2D eigenvalue weighted by Gasteiger charge is -2.32. The summed E-state index contributed by atoms with van der Waals surface area (Å²) >= 11 is 9.26. The summed E-state index contributed by atoms with van der Waals surface area (Å²) < 4.78 is 209. The van der Waals surface area contributed by atoms with Crippen molar-refractivity contribution in [3.8, 4) is 56.3 Å². The Balaban J connectivity index is 0.000000142. The Morgan fingerprint density at radius 2 is 0.627 bits per heavy atom. The van der Waals surface area contributed by atoms with Crippen molar-refractivity contribution in [1.29, 1.82) is 0 Å². The summed E-state index contributed by atoms with van der Waals surface area (Å²) in [5, 5.41) is 24.6. The van der Waals surface area contributed by atoms with Gasteiger partial charge in [-0.2, -0.15) is 65.9 Å². The first-order chi connectivity index (χ1) is 55.5. The molecule has 604 valence electrons. The van der Waals surface area contributed by atoms with E-state index >= 15 is 0 Å². The SMILES string of the molecule is CC1(C)OB(c2cc(C(F)(F)F)c3ncccc3c2)OC1(C)C.FC(F)(F)c1cc(Br)cc2cccnc12.Nc1ccc(Br)cc1C(F)(F)F.Nc1nnc(-c2cc(C(F)(F)F)c3ncccc3c2)c(-c2ccccc2)n1.Nc1nnc(-c2cc(C(F)(F)F)c3ncccc3c2)c(-c2ccccc2)n1.Nc1nnc(Br)c(-c2ccccc2)n1. The summed E-state index contributed by atoms with van der Waals surface area (Å²) in [6, 6.07) is 54.5. The zero-order valence-electron chi connectivity index (χ0n) is 61.3. The second-order valence-corrected chi connectivity index (χ2v) is 28.9. The van der Waals surface area contributed by atoms with E-state index in [-0.39, 0.29) is 68.1 Å². The fourth-order valence-electron chi connectivity index (χ4n) is 11.5. The largest absolute Gasteiger partial charge is 0.494 e. The molecule has 0 saturated carbocycles. The van der Waals surface area contributed by atoms with Crippen molar-refractivity contribution in [2.45, 2.75) is 69.8 Å². The maximum absolute atomic E-state index is 13.6. The normalized spacial score (nSPS) is 13.2. The third-order valence-corrected chi connectivity index (χ3v) is 19.1. The fraction of sp³-hybridized carbons (Fsp3) is 0.138. The summed E-state index contributed by atoms with van der Waals surface area (Å²) in [7, 11) is -0.842. The van der Waals surface area contributed by atoms with Crippen LogP contribution in [0.1, 0.15) is 55.5 Å². The first-order valence-electron chi connectivity index (χ1n) is 34.3. The number of benzene rings is 8. The van der Waals surface area contributed by atoms with Gasteiger partial charge in [0.1, 0.15) is 28.5 Å². The van der Waals surface area contributed by atoms with Crippen LogP contribution in [0.4, 0.5) is 89.4 Å². The van der Waals surface area contributed by atoms with Crippen molar-refractivity contribution in [3.63, 3.8) is 0 Å². The van der Waals surface area contributed by atoms with Crippen molar-refractivity contribution in [2.24, 2.45) is 0 Å². The molecule has 0 spiro atoms. The molecule has 118 heavy (non-hydrogen) atoms. The minimum absolute atomic E-state index is 0.0202. The highest BCUT2D eigenvalue weighted by Gasteiger charge is 2.52. The third kappa shape index (κ3) is 21.0. The molecule has 8 aromatic carbocycles. The van der Waals surface area contributed by atoms with Crippen LogP contribution in [0.5, 0.6) is 0 Å². The Morgan fingerprint density at radius 3 is 1.00 bits per heavy atom. The second kappa shape index (κ2) is 35.4. The lowest BCUT2D eigenvalue weighted by molar-refractivity contribution is -0.137. The van der Waals surface area contributed by atoms with Crippen LogP contribution in [-0.2, 0) is 40.2 Å². The van der Waals surface area contributed by atoms with Crippen molar-refractivity contribution in [3.05, 3.63) is 272 Å². The van der Waals surface area contributed by atoms with Crippen LogP contribution >= 0.6 is 47.8 Å². The molecule has 8 N–H and O–H groups in total. The number of hydrogen-bond donors (Lipinski definition) is 4. The predicted octanol–water partition coefficient (Wildman–Crippen LogP) is 21.2. The van der Waals surface area contributed by atoms with Gasteiger partial charge in [0.25, 0.3) is 0 Å². The van der Waals surface area contributed by atoms with Crippen molar-refractivity contribution in [2.75, 3.05) is 22.9 Å². The monoisotopic (exact) mass is 1820 g/mol. The highest BCUT2D eigenvalue weighted by Crippen LogP contribution is 2.44. The summed E-state index contributed by atoms with van der Waals surface area (Å²) in [4.78, 5) is 27.9. The molecule has 0 aliphatic carbocycles. The van der Waals surface area contributed by atoms with E-state index in [0.29, 0.717) is 68.8 Å².